The molecule has 29 heavy (non-hydrogen) atoms. The SMILES string of the molecule is CC(C)OC1OC1/C=C\n1cnc(-c2cc(NC3CCC3)cc(C(F)(F)F)c2)n1. The van der Waals surface area contributed by atoms with E-state index in [9.17, 15) is 13.2 Å². The second kappa shape index (κ2) is 7.79. The van der Waals surface area contributed by atoms with Gasteiger partial charge in [0.25, 0.3) is 0 Å². The predicted molar refractivity (Wildman–Crippen MR) is 102 cm³/mol. The van der Waals surface area contributed by atoms with E-state index < -0.39 is 11.7 Å². The number of aromatic nitrogens is 3. The van der Waals surface area contributed by atoms with E-state index in [1.807, 2.05) is 13.8 Å². The Balaban J connectivity index is 1.51. The van der Waals surface area contributed by atoms with E-state index in [0.717, 1.165) is 31.4 Å². The van der Waals surface area contributed by atoms with Crippen molar-refractivity contribution in [1.82, 2.24) is 14.8 Å². The zero-order valence-corrected chi connectivity index (χ0v) is 16.2. The van der Waals surface area contributed by atoms with E-state index in [4.69, 9.17) is 9.47 Å². The summed E-state index contributed by atoms with van der Waals surface area (Å²) in [4.78, 5) is 4.16. The molecule has 1 aromatic heterocycles. The van der Waals surface area contributed by atoms with Crippen LogP contribution in [-0.2, 0) is 15.7 Å². The van der Waals surface area contributed by atoms with Gasteiger partial charge in [0.1, 0.15) is 12.4 Å². The maximum atomic E-state index is 13.3. The Morgan fingerprint density at radius 3 is 2.72 bits per heavy atom. The number of rotatable bonds is 7. The number of anilines is 1. The smallest absolute Gasteiger partial charge is 0.382 e. The van der Waals surface area contributed by atoms with E-state index in [0.29, 0.717) is 11.3 Å². The van der Waals surface area contributed by atoms with Crippen molar-refractivity contribution < 1.29 is 22.6 Å². The number of halogens is 3. The van der Waals surface area contributed by atoms with E-state index in [1.54, 1.807) is 18.3 Å². The van der Waals surface area contributed by atoms with Crippen LogP contribution in [0.4, 0.5) is 18.9 Å². The van der Waals surface area contributed by atoms with Crippen molar-refractivity contribution in [3.05, 3.63) is 36.2 Å². The molecule has 1 aliphatic carbocycles. The number of ether oxygens (including phenoxy) is 2. The van der Waals surface area contributed by atoms with Gasteiger partial charge < -0.3 is 14.8 Å². The summed E-state index contributed by atoms with van der Waals surface area (Å²) < 4.78 is 52.3. The predicted octanol–water partition coefficient (Wildman–Crippen LogP) is 4.55. The van der Waals surface area contributed by atoms with Crippen molar-refractivity contribution in [3.63, 3.8) is 0 Å². The summed E-state index contributed by atoms with van der Waals surface area (Å²) in [5.74, 6) is 0.226. The fraction of sp³-hybridized carbons (Fsp3) is 0.500. The van der Waals surface area contributed by atoms with Crippen molar-refractivity contribution in [2.45, 2.75) is 63.8 Å². The lowest BCUT2D eigenvalue weighted by Crippen LogP contribution is -2.27. The zero-order chi connectivity index (χ0) is 20.6. The first-order valence-corrected chi connectivity index (χ1v) is 9.67. The van der Waals surface area contributed by atoms with Crippen molar-refractivity contribution in [2.75, 3.05) is 5.32 Å². The lowest BCUT2D eigenvalue weighted by atomic mass is 9.92. The van der Waals surface area contributed by atoms with E-state index in [1.165, 1.54) is 11.0 Å². The van der Waals surface area contributed by atoms with Crippen LogP contribution >= 0.6 is 0 Å². The Hall–Kier alpha value is -2.39. The molecule has 9 heteroatoms. The fourth-order valence-corrected chi connectivity index (χ4v) is 3.07. The molecule has 1 saturated carbocycles. The van der Waals surface area contributed by atoms with Crippen LogP contribution in [0, 0.1) is 0 Å². The average Bonchev–Trinajstić information content (AvgIpc) is 3.16. The maximum Gasteiger partial charge on any atom is 0.416 e. The molecule has 1 N–H and O–H groups in total. The highest BCUT2D eigenvalue weighted by atomic mass is 19.4. The minimum absolute atomic E-state index is 0.0695. The molecule has 0 amide bonds. The molecular weight excluding hydrogens is 385 g/mol. The summed E-state index contributed by atoms with van der Waals surface area (Å²) in [7, 11) is 0. The highest BCUT2D eigenvalue weighted by molar-refractivity contribution is 5.65. The van der Waals surface area contributed by atoms with Crippen LogP contribution in [0.15, 0.2) is 30.6 Å². The van der Waals surface area contributed by atoms with Gasteiger partial charge in [-0.2, -0.15) is 13.2 Å². The van der Waals surface area contributed by atoms with Gasteiger partial charge in [-0.1, -0.05) is 0 Å². The molecule has 156 valence electrons. The highest BCUT2D eigenvalue weighted by Gasteiger charge is 2.38. The molecule has 0 bridgehead atoms. The molecule has 1 saturated heterocycles. The third kappa shape index (κ3) is 4.97. The van der Waals surface area contributed by atoms with Crippen molar-refractivity contribution in [3.8, 4) is 11.4 Å². The van der Waals surface area contributed by atoms with Gasteiger partial charge in [-0.15, -0.1) is 5.10 Å². The Labute approximate surface area is 166 Å². The van der Waals surface area contributed by atoms with Crippen molar-refractivity contribution in [1.29, 1.82) is 0 Å². The van der Waals surface area contributed by atoms with E-state index in [-0.39, 0.29) is 30.4 Å². The standard InChI is InChI=1S/C20H23F3N4O2/c1-12(2)28-19-17(29-19)6-7-27-11-24-18(26-27)13-8-14(20(21,22)23)10-16(9-13)25-15-4-3-5-15/h6-12,15,17,19,25H,3-5H2,1-2H3/b7-6-. The first-order valence-electron chi connectivity index (χ1n) is 9.67. The summed E-state index contributed by atoms with van der Waals surface area (Å²) >= 11 is 0. The summed E-state index contributed by atoms with van der Waals surface area (Å²) in [6, 6.07) is 4.09. The Morgan fingerprint density at radius 1 is 1.28 bits per heavy atom. The molecule has 2 unspecified atom stereocenters. The molecule has 2 aromatic rings. The molecule has 4 rings (SSSR count). The van der Waals surface area contributed by atoms with Gasteiger partial charge in [-0.25, -0.2) is 9.67 Å². The van der Waals surface area contributed by atoms with Crippen LogP contribution in [0.1, 0.15) is 38.7 Å². The molecule has 2 heterocycles. The highest BCUT2D eigenvalue weighted by Crippen LogP contribution is 2.35. The zero-order valence-electron chi connectivity index (χ0n) is 16.2. The molecular formula is C20H23F3N4O2. The number of benzene rings is 1. The first kappa shape index (κ1) is 19.9. The molecule has 1 aliphatic heterocycles. The Kier molecular flexibility index (Phi) is 5.35. The van der Waals surface area contributed by atoms with Gasteiger partial charge >= 0.3 is 6.18 Å². The number of epoxide rings is 1. The van der Waals surface area contributed by atoms with Crippen LogP contribution in [0.3, 0.4) is 0 Å². The van der Waals surface area contributed by atoms with E-state index in [2.05, 4.69) is 15.4 Å². The Morgan fingerprint density at radius 2 is 2.07 bits per heavy atom. The van der Waals surface area contributed by atoms with Gasteiger partial charge in [0, 0.05) is 23.5 Å². The Bertz CT molecular complexity index is 890. The van der Waals surface area contributed by atoms with Crippen molar-refractivity contribution in [2.24, 2.45) is 0 Å². The number of nitrogens with zero attached hydrogens (tertiary/aromatic N) is 3. The number of alkyl halides is 3. The molecule has 1 aromatic carbocycles. The summed E-state index contributed by atoms with van der Waals surface area (Å²) in [5, 5.41) is 7.44. The van der Waals surface area contributed by atoms with Crippen LogP contribution in [0.2, 0.25) is 0 Å². The summed E-state index contributed by atoms with van der Waals surface area (Å²) in [5.41, 5.74) is 0.0349. The molecule has 0 spiro atoms. The number of nitrogens with one attached hydrogen (secondary N) is 1. The average molecular weight is 408 g/mol. The van der Waals surface area contributed by atoms with E-state index >= 15 is 0 Å². The second-order valence-electron chi connectivity index (χ2n) is 7.61. The fourth-order valence-electron chi connectivity index (χ4n) is 3.07. The first-order chi connectivity index (χ1) is 13.8. The molecule has 2 fully saturated rings. The van der Waals surface area contributed by atoms with Crippen LogP contribution < -0.4 is 5.32 Å². The number of hydrogen-bond donors (Lipinski definition) is 1. The summed E-state index contributed by atoms with van der Waals surface area (Å²) in [6.07, 6.45) is 3.12. The lowest BCUT2D eigenvalue weighted by molar-refractivity contribution is -0.137. The maximum absolute atomic E-state index is 13.3. The minimum atomic E-state index is -4.44. The van der Waals surface area contributed by atoms with Crippen LogP contribution in [0.5, 0.6) is 0 Å². The van der Waals surface area contributed by atoms with Gasteiger partial charge in [0.15, 0.2) is 12.1 Å². The third-order valence-electron chi connectivity index (χ3n) is 4.82. The normalized spacial score (nSPS) is 22.3. The summed E-state index contributed by atoms with van der Waals surface area (Å²) in [6.45, 7) is 3.85. The quantitative estimate of drug-likeness (QED) is 0.681. The molecule has 2 atom stereocenters. The van der Waals surface area contributed by atoms with Crippen LogP contribution in [0.25, 0.3) is 17.6 Å². The van der Waals surface area contributed by atoms with Gasteiger partial charge in [0.05, 0.1) is 11.7 Å². The largest absolute Gasteiger partial charge is 0.416 e. The topological polar surface area (TPSA) is 64.5 Å². The van der Waals surface area contributed by atoms with Gasteiger partial charge in [-0.05, 0) is 57.4 Å². The van der Waals surface area contributed by atoms with Crippen molar-refractivity contribution >= 4 is 11.9 Å². The number of hydrogen-bond acceptors (Lipinski definition) is 5. The monoisotopic (exact) mass is 408 g/mol. The minimum Gasteiger partial charge on any atom is -0.382 e. The van der Waals surface area contributed by atoms with Crippen LogP contribution in [-0.4, -0.2) is 39.3 Å². The second-order valence-corrected chi connectivity index (χ2v) is 7.61. The third-order valence-corrected chi connectivity index (χ3v) is 4.82. The lowest BCUT2D eigenvalue weighted by Gasteiger charge is -2.28. The molecule has 2 aliphatic rings. The van der Waals surface area contributed by atoms with Gasteiger partial charge in [-0.3, -0.25) is 0 Å². The van der Waals surface area contributed by atoms with Gasteiger partial charge in [0.2, 0.25) is 0 Å². The molecule has 0 radical (unpaired) electrons. The molecule has 6 nitrogen and oxygen atoms in total.